The van der Waals surface area contributed by atoms with E-state index in [1.54, 1.807) is 0 Å². The highest BCUT2D eigenvalue weighted by Gasteiger charge is 2.20. The molecule has 1 aliphatic heterocycles. The quantitative estimate of drug-likeness (QED) is 0.500. The van der Waals surface area contributed by atoms with E-state index in [1.807, 2.05) is 7.05 Å². The van der Waals surface area contributed by atoms with Crippen LogP contribution in [0, 0.1) is 5.92 Å². The molecule has 1 aliphatic rings. The topological polar surface area (TPSA) is 42.9 Å². The third kappa shape index (κ3) is 8.34. The summed E-state index contributed by atoms with van der Waals surface area (Å²) in [6, 6.07) is 1.01. The SMILES string of the molecule is CCN1CCN(C(C)CNC(=NC)NC(C)CCCC(C)C)CC1. The lowest BCUT2D eigenvalue weighted by atomic mass is 10.0. The molecule has 0 bridgehead atoms. The lowest BCUT2D eigenvalue weighted by molar-refractivity contribution is 0.107. The first-order chi connectivity index (χ1) is 11.5. The van der Waals surface area contributed by atoms with Gasteiger partial charge in [0.05, 0.1) is 0 Å². The van der Waals surface area contributed by atoms with Crippen molar-refractivity contribution in [3.8, 4) is 0 Å². The fourth-order valence-electron chi connectivity index (χ4n) is 3.23. The normalized spacial score (nSPS) is 20.2. The number of nitrogens with zero attached hydrogens (tertiary/aromatic N) is 3. The lowest BCUT2D eigenvalue weighted by Gasteiger charge is -2.37. The highest BCUT2D eigenvalue weighted by molar-refractivity contribution is 5.79. The molecule has 5 nitrogen and oxygen atoms in total. The van der Waals surface area contributed by atoms with E-state index in [9.17, 15) is 0 Å². The minimum Gasteiger partial charge on any atom is -0.355 e. The zero-order valence-electron chi connectivity index (χ0n) is 16.9. The van der Waals surface area contributed by atoms with Crippen LogP contribution in [0.15, 0.2) is 4.99 Å². The molecule has 24 heavy (non-hydrogen) atoms. The van der Waals surface area contributed by atoms with Gasteiger partial charge in [0.2, 0.25) is 0 Å². The number of hydrogen-bond donors (Lipinski definition) is 2. The molecule has 0 aromatic rings. The Morgan fingerprint density at radius 2 is 1.71 bits per heavy atom. The number of likely N-dealkylation sites (N-methyl/N-ethyl adjacent to an activating group) is 1. The maximum absolute atomic E-state index is 4.38. The van der Waals surface area contributed by atoms with Crippen LogP contribution in [0.1, 0.15) is 53.9 Å². The van der Waals surface area contributed by atoms with E-state index >= 15 is 0 Å². The van der Waals surface area contributed by atoms with Crippen molar-refractivity contribution in [3.63, 3.8) is 0 Å². The average molecular weight is 340 g/mol. The summed E-state index contributed by atoms with van der Waals surface area (Å²) in [4.78, 5) is 9.49. The first kappa shape index (κ1) is 21.2. The molecule has 0 aliphatic carbocycles. The summed E-state index contributed by atoms with van der Waals surface area (Å²) < 4.78 is 0. The molecule has 2 unspecified atom stereocenters. The van der Waals surface area contributed by atoms with Crippen molar-refractivity contribution in [1.29, 1.82) is 0 Å². The number of nitrogens with one attached hydrogen (secondary N) is 2. The van der Waals surface area contributed by atoms with E-state index in [0.717, 1.165) is 18.4 Å². The van der Waals surface area contributed by atoms with Gasteiger partial charge < -0.3 is 15.5 Å². The Hall–Kier alpha value is -0.810. The van der Waals surface area contributed by atoms with Crippen LogP contribution in [0.5, 0.6) is 0 Å². The maximum atomic E-state index is 4.38. The van der Waals surface area contributed by atoms with Crippen molar-refractivity contribution < 1.29 is 0 Å². The average Bonchev–Trinajstić information content (AvgIpc) is 2.58. The second kappa shape index (κ2) is 11.7. The summed E-state index contributed by atoms with van der Waals surface area (Å²) in [5, 5.41) is 7.03. The molecule has 1 saturated heterocycles. The van der Waals surface area contributed by atoms with E-state index in [2.05, 4.69) is 60.0 Å². The molecule has 0 aromatic carbocycles. The van der Waals surface area contributed by atoms with Crippen molar-refractivity contribution in [2.45, 2.75) is 66.0 Å². The summed E-state index contributed by atoms with van der Waals surface area (Å²) in [5.74, 6) is 1.73. The van der Waals surface area contributed by atoms with Crippen LogP contribution >= 0.6 is 0 Å². The molecular weight excluding hydrogens is 298 g/mol. The molecule has 2 atom stereocenters. The van der Waals surface area contributed by atoms with Crippen LogP contribution in [0.4, 0.5) is 0 Å². The van der Waals surface area contributed by atoms with Gasteiger partial charge in [0.1, 0.15) is 0 Å². The number of piperazine rings is 1. The first-order valence-electron chi connectivity index (χ1n) is 9.89. The lowest BCUT2D eigenvalue weighted by Crippen LogP contribution is -2.53. The molecule has 0 saturated carbocycles. The zero-order valence-corrected chi connectivity index (χ0v) is 16.9. The Morgan fingerprint density at radius 3 is 2.25 bits per heavy atom. The van der Waals surface area contributed by atoms with Gasteiger partial charge in [0.15, 0.2) is 5.96 Å². The largest absolute Gasteiger partial charge is 0.355 e. The van der Waals surface area contributed by atoms with Crippen molar-refractivity contribution in [1.82, 2.24) is 20.4 Å². The van der Waals surface area contributed by atoms with Crippen LogP contribution < -0.4 is 10.6 Å². The van der Waals surface area contributed by atoms with E-state index in [4.69, 9.17) is 0 Å². The molecule has 1 fully saturated rings. The summed E-state index contributed by atoms with van der Waals surface area (Å²) in [6.45, 7) is 18.3. The molecular formula is C19H41N5. The van der Waals surface area contributed by atoms with Crippen molar-refractivity contribution in [3.05, 3.63) is 0 Å². The van der Waals surface area contributed by atoms with Crippen LogP contribution in [0.3, 0.4) is 0 Å². The predicted octanol–water partition coefficient (Wildman–Crippen LogP) is 2.39. The molecule has 0 spiro atoms. The molecule has 2 N–H and O–H groups in total. The molecule has 0 amide bonds. The maximum Gasteiger partial charge on any atom is 0.191 e. The Morgan fingerprint density at radius 1 is 1.04 bits per heavy atom. The van der Waals surface area contributed by atoms with Gasteiger partial charge in [0, 0.05) is 51.9 Å². The Labute approximate surface area is 150 Å². The molecule has 0 radical (unpaired) electrons. The third-order valence-corrected chi connectivity index (χ3v) is 5.07. The van der Waals surface area contributed by atoms with Gasteiger partial charge in [-0.1, -0.05) is 33.6 Å². The van der Waals surface area contributed by atoms with E-state index in [1.165, 1.54) is 52.0 Å². The summed E-state index contributed by atoms with van der Waals surface area (Å²) >= 11 is 0. The van der Waals surface area contributed by atoms with Gasteiger partial charge in [-0.05, 0) is 32.7 Å². The van der Waals surface area contributed by atoms with Gasteiger partial charge in [0.25, 0.3) is 0 Å². The van der Waals surface area contributed by atoms with E-state index in [0.29, 0.717) is 12.1 Å². The monoisotopic (exact) mass is 339 g/mol. The van der Waals surface area contributed by atoms with E-state index in [-0.39, 0.29) is 0 Å². The van der Waals surface area contributed by atoms with Crippen LogP contribution in [0.25, 0.3) is 0 Å². The third-order valence-electron chi connectivity index (χ3n) is 5.07. The minimum atomic E-state index is 0.471. The Bertz CT molecular complexity index is 348. The molecule has 1 rings (SSSR count). The van der Waals surface area contributed by atoms with Gasteiger partial charge >= 0.3 is 0 Å². The van der Waals surface area contributed by atoms with Gasteiger partial charge in [-0.2, -0.15) is 0 Å². The molecule has 5 heteroatoms. The minimum absolute atomic E-state index is 0.471. The smallest absolute Gasteiger partial charge is 0.191 e. The molecule has 1 heterocycles. The van der Waals surface area contributed by atoms with Gasteiger partial charge in [-0.15, -0.1) is 0 Å². The predicted molar refractivity (Wildman–Crippen MR) is 106 cm³/mol. The number of hydrogen-bond acceptors (Lipinski definition) is 3. The molecule has 0 aromatic heterocycles. The van der Waals surface area contributed by atoms with Crippen molar-refractivity contribution >= 4 is 5.96 Å². The summed E-state index contributed by atoms with van der Waals surface area (Å²) in [7, 11) is 1.86. The van der Waals surface area contributed by atoms with E-state index < -0.39 is 0 Å². The number of rotatable bonds is 9. The second-order valence-corrected chi connectivity index (χ2v) is 7.64. The highest BCUT2D eigenvalue weighted by atomic mass is 15.3. The fraction of sp³-hybridized carbons (Fsp3) is 0.947. The van der Waals surface area contributed by atoms with Gasteiger partial charge in [-0.25, -0.2) is 0 Å². The second-order valence-electron chi connectivity index (χ2n) is 7.64. The summed E-state index contributed by atoms with van der Waals surface area (Å²) in [5.41, 5.74) is 0. The highest BCUT2D eigenvalue weighted by Crippen LogP contribution is 2.08. The van der Waals surface area contributed by atoms with Crippen LogP contribution in [-0.4, -0.2) is 74.2 Å². The van der Waals surface area contributed by atoms with Crippen LogP contribution in [0.2, 0.25) is 0 Å². The Kier molecular flexibility index (Phi) is 10.3. The number of aliphatic imine (C=N–C) groups is 1. The van der Waals surface area contributed by atoms with Crippen molar-refractivity contribution in [2.24, 2.45) is 10.9 Å². The fourth-order valence-corrected chi connectivity index (χ4v) is 3.23. The standard InChI is InChI=1S/C19H41N5/c1-7-23-11-13-24(14-12-23)18(5)15-21-19(20-6)22-17(4)10-8-9-16(2)3/h16-18H,7-15H2,1-6H3,(H2,20,21,22). The number of guanidine groups is 1. The molecule has 142 valence electrons. The van der Waals surface area contributed by atoms with Crippen LogP contribution in [-0.2, 0) is 0 Å². The zero-order chi connectivity index (χ0) is 17.9. The van der Waals surface area contributed by atoms with Gasteiger partial charge in [-0.3, -0.25) is 9.89 Å². The van der Waals surface area contributed by atoms with Crippen molar-refractivity contribution in [2.75, 3.05) is 46.3 Å². The Balaban J connectivity index is 2.25. The summed E-state index contributed by atoms with van der Waals surface area (Å²) in [6.07, 6.45) is 3.78. The first-order valence-corrected chi connectivity index (χ1v) is 9.89.